The number of thiazole rings is 1. The van der Waals surface area contributed by atoms with E-state index in [9.17, 15) is 4.79 Å². The average Bonchev–Trinajstić information content (AvgIpc) is 2.73. The number of hydrogen-bond acceptors (Lipinski definition) is 4. The number of carbonyl (C=O) groups excluding carboxylic acids is 1. The molecule has 1 amide bonds. The normalized spacial score (nSPS) is 12.4. The van der Waals surface area contributed by atoms with Crippen LogP contribution >= 0.6 is 23.6 Å². The fourth-order valence-corrected chi connectivity index (χ4v) is 2.81. The van der Waals surface area contributed by atoms with Crippen molar-refractivity contribution in [2.24, 2.45) is 17.6 Å². The van der Waals surface area contributed by atoms with Gasteiger partial charge < -0.3 is 11.1 Å². The van der Waals surface area contributed by atoms with Crippen LogP contribution in [0.4, 0.5) is 0 Å². The van der Waals surface area contributed by atoms with E-state index in [0.29, 0.717) is 6.54 Å². The van der Waals surface area contributed by atoms with E-state index < -0.39 is 5.92 Å². The van der Waals surface area contributed by atoms with Gasteiger partial charge in [-0.25, -0.2) is 4.98 Å². The van der Waals surface area contributed by atoms with Crippen LogP contribution in [0.1, 0.15) is 30.7 Å². The van der Waals surface area contributed by atoms with E-state index >= 15 is 0 Å². The Morgan fingerprint density at radius 2 is 2.28 bits per heavy atom. The van der Waals surface area contributed by atoms with Crippen molar-refractivity contribution in [2.75, 3.05) is 0 Å². The van der Waals surface area contributed by atoms with Gasteiger partial charge in [0.2, 0.25) is 5.91 Å². The Morgan fingerprint density at radius 3 is 2.72 bits per heavy atom. The number of thiocarbonyl (C=S) groups is 1. The van der Waals surface area contributed by atoms with Crippen LogP contribution in [0.3, 0.4) is 0 Å². The first-order chi connectivity index (χ1) is 8.45. The first-order valence-corrected chi connectivity index (χ1v) is 7.18. The van der Waals surface area contributed by atoms with Crippen molar-refractivity contribution < 1.29 is 4.79 Å². The summed E-state index contributed by atoms with van der Waals surface area (Å²) in [5, 5.41) is 3.75. The Morgan fingerprint density at radius 1 is 1.61 bits per heavy atom. The number of hydrogen-bond donors (Lipinski definition) is 2. The molecule has 0 radical (unpaired) electrons. The van der Waals surface area contributed by atoms with E-state index in [4.69, 9.17) is 18.0 Å². The molecule has 4 nitrogen and oxygen atoms in total. The topological polar surface area (TPSA) is 68.0 Å². The van der Waals surface area contributed by atoms with Crippen LogP contribution in [0, 0.1) is 11.8 Å². The quantitative estimate of drug-likeness (QED) is 0.783. The minimum absolute atomic E-state index is 0.102. The van der Waals surface area contributed by atoms with Crippen molar-refractivity contribution in [3.05, 3.63) is 16.1 Å². The number of nitrogens with zero attached hydrogens (tertiary/aromatic N) is 1. The third kappa shape index (κ3) is 4.03. The summed E-state index contributed by atoms with van der Waals surface area (Å²) < 4.78 is 0. The fourth-order valence-electron chi connectivity index (χ4n) is 1.63. The zero-order chi connectivity index (χ0) is 13.7. The number of aromatic nitrogens is 1. The molecule has 1 heterocycles. The highest BCUT2D eigenvalue weighted by atomic mass is 32.1. The van der Waals surface area contributed by atoms with Crippen LogP contribution in [0.5, 0.6) is 0 Å². The molecule has 0 bridgehead atoms. The van der Waals surface area contributed by atoms with E-state index in [-0.39, 0.29) is 16.8 Å². The van der Waals surface area contributed by atoms with Gasteiger partial charge in [0.05, 0.1) is 17.5 Å². The number of nitrogens with one attached hydrogen (secondary N) is 1. The van der Waals surface area contributed by atoms with Crippen LogP contribution in [0.15, 0.2) is 6.20 Å². The van der Waals surface area contributed by atoms with Crippen molar-refractivity contribution in [1.29, 1.82) is 0 Å². The number of carbonyl (C=O) groups is 1. The fraction of sp³-hybridized carbons (Fsp3) is 0.583. The molecule has 0 spiro atoms. The monoisotopic (exact) mass is 285 g/mol. The summed E-state index contributed by atoms with van der Waals surface area (Å²) in [7, 11) is 0. The van der Waals surface area contributed by atoms with Gasteiger partial charge in [-0.3, -0.25) is 4.79 Å². The first-order valence-electron chi connectivity index (χ1n) is 5.96. The summed E-state index contributed by atoms with van der Waals surface area (Å²) in [5.41, 5.74) is 5.59. The van der Waals surface area contributed by atoms with Gasteiger partial charge in [0.1, 0.15) is 5.01 Å². The Hall–Kier alpha value is -1.01. The largest absolute Gasteiger partial charge is 0.393 e. The number of rotatable bonds is 6. The second-order valence-electron chi connectivity index (χ2n) is 4.42. The van der Waals surface area contributed by atoms with Crippen molar-refractivity contribution in [3.63, 3.8) is 0 Å². The lowest BCUT2D eigenvalue weighted by Gasteiger charge is -2.18. The Bertz CT molecular complexity index is 429. The van der Waals surface area contributed by atoms with Gasteiger partial charge in [-0.2, -0.15) is 0 Å². The summed E-state index contributed by atoms with van der Waals surface area (Å²) in [6.07, 6.45) is 2.81. The van der Waals surface area contributed by atoms with Gasteiger partial charge in [0.25, 0.3) is 0 Å². The van der Waals surface area contributed by atoms with E-state index in [1.54, 1.807) is 11.3 Å². The molecule has 1 atom stereocenters. The SMILES string of the molecule is CCc1cnc(CNC(=O)C(C(N)=S)C(C)C)s1. The van der Waals surface area contributed by atoms with Crippen LogP contribution < -0.4 is 11.1 Å². The molecule has 0 aliphatic carbocycles. The van der Waals surface area contributed by atoms with Crippen molar-refractivity contribution >= 4 is 34.5 Å². The first kappa shape index (κ1) is 15.0. The van der Waals surface area contributed by atoms with Crippen LogP contribution in [-0.4, -0.2) is 15.9 Å². The molecule has 1 aromatic heterocycles. The summed E-state index contributed by atoms with van der Waals surface area (Å²) in [5.74, 6) is -0.429. The molecular weight excluding hydrogens is 266 g/mol. The van der Waals surface area contributed by atoms with Crippen molar-refractivity contribution in [1.82, 2.24) is 10.3 Å². The Kier molecular flexibility index (Phi) is 5.68. The molecule has 100 valence electrons. The lowest BCUT2D eigenvalue weighted by molar-refractivity contribution is -0.124. The molecule has 0 aliphatic rings. The predicted octanol–water partition coefficient (Wildman–Crippen LogP) is 1.88. The number of aryl methyl sites for hydroxylation is 1. The van der Waals surface area contributed by atoms with E-state index in [0.717, 1.165) is 11.4 Å². The van der Waals surface area contributed by atoms with Crippen LogP contribution in [0.2, 0.25) is 0 Å². The average molecular weight is 285 g/mol. The van der Waals surface area contributed by atoms with Gasteiger partial charge in [-0.15, -0.1) is 11.3 Å². The molecule has 1 rings (SSSR count). The summed E-state index contributed by atoms with van der Waals surface area (Å²) in [6.45, 7) is 6.39. The summed E-state index contributed by atoms with van der Waals surface area (Å²) >= 11 is 6.54. The Labute approximate surface area is 117 Å². The van der Waals surface area contributed by atoms with Crippen molar-refractivity contribution in [2.45, 2.75) is 33.7 Å². The lowest BCUT2D eigenvalue weighted by atomic mass is 9.95. The minimum Gasteiger partial charge on any atom is -0.393 e. The van der Waals surface area contributed by atoms with Crippen LogP contribution in [0.25, 0.3) is 0 Å². The van der Waals surface area contributed by atoms with Crippen molar-refractivity contribution in [3.8, 4) is 0 Å². The molecule has 0 aliphatic heterocycles. The standard InChI is InChI=1S/C12H19N3OS2/c1-4-8-5-14-9(18-8)6-15-12(16)10(7(2)3)11(13)17/h5,7,10H,4,6H2,1-3H3,(H2,13,17)(H,15,16). The molecule has 18 heavy (non-hydrogen) atoms. The van der Waals surface area contributed by atoms with Gasteiger partial charge in [-0.1, -0.05) is 33.0 Å². The van der Waals surface area contributed by atoms with Gasteiger partial charge >= 0.3 is 0 Å². The second-order valence-corrected chi connectivity index (χ2v) is 6.09. The maximum atomic E-state index is 12.0. The molecule has 1 unspecified atom stereocenters. The highest BCUT2D eigenvalue weighted by Crippen LogP contribution is 2.15. The van der Waals surface area contributed by atoms with Gasteiger partial charge in [0, 0.05) is 11.1 Å². The van der Waals surface area contributed by atoms with E-state index in [1.807, 2.05) is 20.0 Å². The highest BCUT2D eigenvalue weighted by molar-refractivity contribution is 7.80. The molecule has 1 aromatic rings. The third-order valence-electron chi connectivity index (χ3n) is 2.62. The molecule has 0 fully saturated rings. The summed E-state index contributed by atoms with van der Waals surface area (Å²) in [4.78, 5) is 17.7. The molecule has 0 saturated carbocycles. The van der Waals surface area contributed by atoms with E-state index in [2.05, 4.69) is 17.2 Å². The van der Waals surface area contributed by atoms with Gasteiger partial charge in [0.15, 0.2) is 0 Å². The number of amides is 1. The zero-order valence-corrected chi connectivity index (χ0v) is 12.5. The minimum atomic E-state index is -0.411. The summed E-state index contributed by atoms with van der Waals surface area (Å²) in [6, 6.07) is 0. The smallest absolute Gasteiger partial charge is 0.230 e. The molecular formula is C12H19N3OS2. The van der Waals surface area contributed by atoms with Crippen LogP contribution in [-0.2, 0) is 17.8 Å². The lowest BCUT2D eigenvalue weighted by Crippen LogP contribution is -2.40. The maximum absolute atomic E-state index is 12.0. The molecule has 0 aromatic carbocycles. The third-order valence-corrected chi connectivity index (χ3v) is 4.01. The zero-order valence-electron chi connectivity index (χ0n) is 10.9. The molecule has 3 N–H and O–H groups in total. The van der Waals surface area contributed by atoms with Gasteiger partial charge in [-0.05, 0) is 12.3 Å². The highest BCUT2D eigenvalue weighted by Gasteiger charge is 2.24. The molecule has 0 saturated heterocycles. The predicted molar refractivity (Wildman–Crippen MR) is 78.5 cm³/mol. The molecule has 6 heteroatoms. The second kappa shape index (κ2) is 6.80. The number of nitrogens with two attached hydrogens (primary N) is 1. The van der Waals surface area contributed by atoms with E-state index in [1.165, 1.54) is 4.88 Å². The Balaban J connectivity index is 2.56. The maximum Gasteiger partial charge on any atom is 0.230 e.